The lowest BCUT2D eigenvalue weighted by molar-refractivity contribution is 0.0214. The highest BCUT2D eigenvalue weighted by molar-refractivity contribution is 5.80. The summed E-state index contributed by atoms with van der Waals surface area (Å²) in [5.74, 6) is 1.61. The van der Waals surface area contributed by atoms with E-state index in [-0.39, 0.29) is 6.09 Å². The first-order valence-corrected chi connectivity index (χ1v) is 9.86. The van der Waals surface area contributed by atoms with Crippen molar-refractivity contribution >= 4 is 12.1 Å². The minimum absolute atomic E-state index is 0.193. The zero-order valence-corrected chi connectivity index (χ0v) is 16.7. The molecule has 0 bridgehead atoms. The van der Waals surface area contributed by atoms with E-state index in [0.717, 1.165) is 45.0 Å². The van der Waals surface area contributed by atoms with Crippen LogP contribution >= 0.6 is 0 Å². The largest absolute Gasteiger partial charge is 0.444 e. The average Bonchev–Trinajstić information content (AvgIpc) is 3.35. The molecule has 0 aromatic heterocycles. The van der Waals surface area contributed by atoms with Crippen molar-refractivity contribution in [1.82, 2.24) is 15.1 Å². The number of likely N-dealkylation sites (tertiary alicyclic amines) is 1. The van der Waals surface area contributed by atoms with Crippen molar-refractivity contribution in [2.45, 2.75) is 71.9 Å². The third kappa shape index (κ3) is 6.75. The zero-order valence-electron chi connectivity index (χ0n) is 16.7. The molecule has 0 spiro atoms. The van der Waals surface area contributed by atoms with Crippen LogP contribution in [0.15, 0.2) is 4.99 Å². The van der Waals surface area contributed by atoms with Crippen LogP contribution in [0.25, 0.3) is 0 Å². The van der Waals surface area contributed by atoms with Crippen molar-refractivity contribution in [3.63, 3.8) is 0 Å². The Balaban J connectivity index is 1.81. The second-order valence-corrected chi connectivity index (χ2v) is 8.17. The van der Waals surface area contributed by atoms with Crippen LogP contribution in [0.5, 0.6) is 0 Å². The Morgan fingerprint density at radius 3 is 2.32 bits per heavy atom. The molecule has 1 saturated heterocycles. The molecule has 1 saturated carbocycles. The summed E-state index contributed by atoms with van der Waals surface area (Å²) in [7, 11) is 0. The molecule has 0 aromatic rings. The van der Waals surface area contributed by atoms with Gasteiger partial charge in [-0.3, -0.25) is 4.99 Å². The summed E-state index contributed by atoms with van der Waals surface area (Å²) in [5, 5.41) is 3.56. The Labute approximate surface area is 153 Å². The van der Waals surface area contributed by atoms with Crippen LogP contribution in [0.2, 0.25) is 0 Å². The van der Waals surface area contributed by atoms with E-state index in [2.05, 4.69) is 22.1 Å². The Bertz CT molecular complexity index is 461. The monoisotopic (exact) mass is 352 g/mol. The van der Waals surface area contributed by atoms with Crippen molar-refractivity contribution in [2.24, 2.45) is 10.9 Å². The van der Waals surface area contributed by atoms with E-state index in [4.69, 9.17) is 4.74 Å². The number of nitrogens with one attached hydrogen (secondary N) is 1. The van der Waals surface area contributed by atoms with Gasteiger partial charge in [0.1, 0.15) is 5.60 Å². The molecule has 1 N–H and O–H groups in total. The topological polar surface area (TPSA) is 57.2 Å². The van der Waals surface area contributed by atoms with Crippen LogP contribution in [0.3, 0.4) is 0 Å². The number of carbonyl (C=O) groups excluding carboxylic acids is 1. The van der Waals surface area contributed by atoms with E-state index in [1.807, 2.05) is 32.6 Å². The lowest BCUT2D eigenvalue weighted by atomic mass is 9.96. The summed E-state index contributed by atoms with van der Waals surface area (Å²) in [6, 6.07) is 0.630. The van der Waals surface area contributed by atoms with Gasteiger partial charge in [-0.2, -0.15) is 0 Å². The molecule has 6 nitrogen and oxygen atoms in total. The third-order valence-corrected chi connectivity index (χ3v) is 4.64. The highest BCUT2D eigenvalue weighted by atomic mass is 16.6. The predicted octanol–water partition coefficient (Wildman–Crippen LogP) is 3.08. The Morgan fingerprint density at radius 2 is 1.84 bits per heavy atom. The quantitative estimate of drug-likeness (QED) is 0.610. The fraction of sp³-hybridized carbons (Fsp3) is 0.895. The molecule has 2 rings (SSSR count). The molecule has 0 unspecified atom stereocenters. The smallest absolute Gasteiger partial charge is 0.410 e. The molecule has 6 heteroatoms. The Kier molecular flexibility index (Phi) is 6.96. The van der Waals surface area contributed by atoms with Crippen LogP contribution in [0, 0.1) is 5.92 Å². The van der Waals surface area contributed by atoms with Crippen molar-refractivity contribution in [3.05, 3.63) is 0 Å². The average molecular weight is 353 g/mol. The molecule has 2 aliphatic rings. The van der Waals surface area contributed by atoms with Gasteiger partial charge in [-0.15, -0.1) is 0 Å². The molecule has 2 fully saturated rings. The predicted molar refractivity (Wildman–Crippen MR) is 102 cm³/mol. The molecule has 144 valence electrons. The van der Waals surface area contributed by atoms with Crippen LogP contribution in [-0.4, -0.2) is 66.2 Å². The maximum atomic E-state index is 12.3. The van der Waals surface area contributed by atoms with Crippen molar-refractivity contribution in [2.75, 3.05) is 32.7 Å². The van der Waals surface area contributed by atoms with E-state index in [1.165, 1.54) is 12.8 Å². The number of guanidine groups is 1. The number of piperidine rings is 1. The second kappa shape index (κ2) is 8.77. The lowest BCUT2D eigenvalue weighted by Gasteiger charge is -2.36. The summed E-state index contributed by atoms with van der Waals surface area (Å²) >= 11 is 0. The van der Waals surface area contributed by atoms with Gasteiger partial charge in [-0.05, 0) is 66.2 Å². The number of rotatable bonds is 5. The van der Waals surface area contributed by atoms with Crippen LogP contribution in [0.4, 0.5) is 4.79 Å². The minimum Gasteiger partial charge on any atom is -0.444 e. The van der Waals surface area contributed by atoms with Crippen molar-refractivity contribution in [1.29, 1.82) is 0 Å². The molecule has 1 aliphatic heterocycles. The summed E-state index contributed by atoms with van der Waals surface area (Å²) in [6.45, 7) is 14.2. The van der Waals surface area contributed by atoms with Crippen LogP contribution in [-0.2, 0) is 4.74 Å². The van der Waals surface area contributed by atoms with Gasteiger partial charge in [0.15, 0.2) is 5.96 Å². The first kappa shape index (κ1) is 19.9. The molecule has 1 heterocycles. The molecule has 0 radical (unpaired) electrons. The maximum Gasteiger partial charge on any atom is 0.410 e. The van der Waals surface area contributed by atoms with Crippen LogP contribution in [0.1, 0.15) is 60.3 Å². The van der Waals surface area contributed by atoms with Gasteiger partial charge in [0.25, 0.3) is 0 Å². The highest BCUT2D eigenvalue weighted by Crippen LogP contribution is 2.22. The lowest BCUT2D eigenvalue weighted by Crippen LogP contribution is -2.48. The van der Waals surface area contributed by atoms with Crippen LogP contribution < -0.4 is 5.32 Å². The number of hydrogen-bond donors (Lipinski definition) is 1. The maximum absolute atomic E-state index is 12.3. The molecule has 25 heavy (non-hydrogen) atoms. The van der Waals surface area contributed by atoms with E-state index >= 15 is 0 Å². The summed E-state index contributed by atoms with van der Waals surface area (Å²) in [6.07, 6.45) is 4.52. The minimum atomic E-state index is -0.437. The normalized spacial score (nSPS) is 19.7. The molecule has 1 aliphatic carbocycles. The van der Waals surface area contributed by atoms with Gasteiger partial charge >= 0.3 is 6.09 Å². The number of hydrogen-bond acceptors (Lipinski definition) is 3. The molecular weight excluding hydrogens is 316 g/mol. The van der Waals surface area contributed by atoms with E-state index < -0.39 is 5.60 Å². The van der Waals surface area contributed by atoms with Gasteiger partial charge in [-0.1, -0.05) is 0 Å². The molecule has 0 atom stereocenters. The third-order valence-electron chi connectivity index (χ3n) is 4.64. The number of nitrogens with zero attached hydrogens (tertiary/aromatic N) is 3. The fourth-order valence-corrected chi connectivity index (χ4v) is 3.10. The standard InChI is InChI=1S/C19H36N4O2/c1-6-20-17(21-16-8-9-16)23-12-10-15(11-13-23)14-22(7-2)18(24)25-19(3,4)5/h15-16H,6-14H2,1-5H3,(H,20,21). The zero-order chi connectivity index (χ0) is 18.4. The number of ether oxygens (including phenoxy) is 1. The van der Waals surface area contributed by atoms with Gasteiger partial charge in [0.05, 0.1) is 0 Å². The molecular formula is C19H36N4O2. The van der Waals surface area contributed by atoms with Gasteiger partial charge in [-0.25, -0.2) is 4.79 Å². The Hall–Kier alpha value is -1.46. The van der Waals surface area contributed by atoms with Gasteiger partial charge < -0.3 is 19.9 Å². The first-order valence-electron chi connectivity index (χ1n) is 9.86. The first-order chi connectivity index (χ1) is 11.8. The Morgan fingerprint density at radius 1 is 1.20 bits per heavy atom. The summed E-state index contributed by atoms with van der Waals surface area (Å²) in [5.41, 5.74) is -0.437. The second-order valence-electron chi connectivity index (χ2n) is 8.17. The summed E-state index contributed by atoms with van der Waals surface area (Å²) < 4.78 is 5.52. The number of amides is 1. The fourth-order valence-electron chi connectivity index (χ4n) is 3.10. The van der Waals surface area contributed by atoms with Crippen molar-refractivity contribution in [3.8, 4) is 0 Å². The molecule has 0 aromatic carbocycles. The van der Waals surface area contributed by atoms with Gasteiger partial charge in [0.2, 0.25) is 0 Å². The van der Waals surface area contributed by atoms with E-state index in [1.54, 1.807) is 0 Å². The number of carbonyl (C=O) groups is 1. The van der Waals surface area contributed by atoms with E-state index in [9.17, 15) is 4.79 Å². The summed E-state index contributed by atoms with van der Waals surface area (Å²) in [4.78, 5) is 21.2. The molecule has 1 amide bonds. The van der Waals surface area contributed by atoms with E-state index in [0.29, 0.717) is 18.5 Å². The van der Waals surface area contributed by atoms with Gasteiger partial charge in [0, 0.05) is 38.8 Å². The van der Waals surface area contributed by atoms with Crippen molar-refractivity contribution < 1.29 is 9.53 Å². The SMILES string of the molecule is CCN=C(NC1CC1)N1CCC(CN(CC)C(=O)OC(C)(C)C)CC1. The highest BCUT2D eigenvalue weighted by Gasteiger charge is 2.29. The number of aliphatic imine (C=N–C) groups is 1.